The van der Waals surface area contributed by atoms with E-state index < -0.39 is 6.10 Å². The van der Waals surface area contributed by atoms with Crippen molar-refractivity contribution in [1.29, 1.82) is 0 Å². The van der Waals surface area contributed by atoms with Crippen molar-refractivity contribution in [1.82, 2.24) is 0 Å². The van der Waals surface area contributed by atoms with E-state index in [1.165, 1.54) is 193 Å². The first-order valence-corrected chi connectivity index (χ1v) is 34.1. The summed E-state index contributed by atoms with van der Waals surface area (Å²) in [7, 11) is 0. The summed E-state index contributed by atoms with van der Waals surface area (Å²) in [6.07, 6.45) is 89.0. The number of carbonyl (C=O) groups is 3. The lowest BCUT2D eigenvalue weighted by molar-refractivity contribution is -0.167. The zero-order chi connectivity index (χ0) is 57.1. The highest BCUT2D eigenvalue weighted by atomic mass is 16.6. The first-order chi connectivity index (χ1) is 39.0. The Morgan fingerprint density at radius 2 is 0.494 bits per heavy atom. The van der Waals surface area contributed by atoms with E-state index in [0.717, 1.165) is 109 Å². The molecule has 0 radical (unpaired) electrons. The number of esters is 3. The van der Waals surface area contributed by atoms with Crippen molar-refractivity contribution in [2.75, 3.05) is 13.2 Å². The van der Waals surface area contributed by atoms with Crippen molar-refractivity contribution in [3.63, 3.8) is 0 Å². The van der Waals surface area contributed by atoms with Crippen molar-refractivity contribution < 1.29 is 28.6 Å². The topological polar surface area (TPSA) is 78.9 Å². The van der Waals surface area contributed by atoms with Crippen LogP contribution >= 0.6 is 0 Å². The Bertz CT molecular complexity index is 1500. The molecule has 0 aliphatic rings. The minimum absolute atomic E-state index is 0.0809. The number of rotatable bonds is 62. The van der Waals surface area contributed by atoms with Gasteiger partial charge in [-0.15, -0.1) is 0 Å². The summed E-state index contributed by atoms with van der Waals surface area (Å²) in [4.78, 5) is 38.3. The summed E-state index contributed by atoms with van der Waals surface area (Å²) in [6.45, 7) is 6.43. The van der Waals surface area contributed by atoms with E-state index in [2.05, 4.69) is 106 Å². The molecule has 0 rings (SSSR count). The lowest BCUT2D eigenvalue weighted by Gasteiger charge is -2.18. The summed E-state index contributed by atoms with van der Waals surface area (Å²) in [5.74, 6) is -0.892. The molecular weight excluding hydrogens is 973 g/mol. The van der Waals surface area contributed by atoms with Gasteiger partial charge in [-0.3, -0.25) is 14.4 Å². The van der Waals surface area contributed by atoms with Gasteiger partial charge in [0.05, 0.1) is 0 Å². The van der Waals surface area contributed by atoms with E-state index in [4.69, 9.17) is 14.2 Å². The summed E-state index contributed by atoms with van der Waals surface area (Å²) in [6, 6.07) is 0. The maximum atomic E-state index is 12.9. The maximum absolute atomic E-state index is 12.9. The Hall–Kier alpha value is -3.41. The van der Waals surface area contributed by atoms with Crippen molar-refractivity contribution in [2.24, 2.45) is 0 Å². The van der Waals surface area contributed by atoms with E-state index in [0.29, 0.717) is 19.3 Å². The number of hydrogen-bond acceptors (Lipinski definition) is 6. The Labute approximate surface area is 490 Å². The second-order valence-corrected chi connectivity index (χ2v) is 22.7. The van der Waals surface area contributed by atoms with Gasteiger partial charge in [0.2, 0.25) is 0 Å². The highest BCUT2D eigenvalue weighted by Crippen LogP contribution is 2.18. The van der Waals surface area contributed by atoms with E-state index in [9.17, 15) is 14.4 Å². The monoisotopic (exact) mass is 1100 g/mol. The molecule has 0 aromatic carbocycles. The predicted molar refractivity (Wildman–Crippen MR) is 344 cm³/mol. The van der Waals surface area contributed by atoms with Gasteiger partial charge in [-0.2, -0.15) is 0 Å². The van der Waals surface area contributed by atoms with E-state index in [1.807, 2.05) is 0 Å². The molecule has 0 aliphatic carbocycles. The Balaban J connectivity index is 4.18. The fraction of sp³-hybridized carbons (Fsp3) is 0.767. The Morgan fingerprint density at radius 1 is 0.266 bits per heavy atom. The SMILES string of the molecule is CC/C=C\C/C=C\C/C=C\C/C=C\CCCCCCCCCCCCCCCCCCCCC(=O)OCC(COC(=O)CCCCC/C=C\C/C=C\C/C=C\CC)OC(=O)CCCCCCCCCCCCCCCCCCC. The third kappa shape index (κ3) is 65.3. The second-order valence-electron chi connectivity index (χ2n) is 22.7. The molecule has 79 heavy (non-hydrogen) atoms. The van der Waals surface area contributed by atoms with E-state index in [1.54, 1.807) is 0 Å². The zero-order valence-electron chi connectivity index (χ0n) is 52.4. The van der Waals surface area contributed by atoms with Crippen molar-refractivity contribution in [3.8, 4) is 0 Å². The molecule has 0 spiro atoms. The third-order valence-electron chi connectivity index (χ3n) is 14.9. The van der Waals surface area contributed by atoms with Crippen LogP contribution in [0.25, 0.3) is 0 Å². The van der Waals surface area contributed by atoms with Crippen LogP contribution in [0.15, 0.2) is 85.1 Å². The molecule has 0 heterocycles. The van der Waals surface area contributed by atoms with Gasteiger partial charge in [0.25, 0.3) is 0 Å². The third-order valence-corrected chi connectivity index (χ3v) is 14.9. The smallest absolute Gasteiger partial charge is 0.306 e. The second kappa shape index (κ2) is 67.1. The maximum Gasteiger partial charge on any atom is 0.306 e. The van der Waals surface area contributed by atoms with Crippen LogP contribution in [0.1, 0.15) is 342 Å². The molecule has 1 unspecified atom stereocenters. The summed E-state index contributed by atoms with van der Waals surface area (Å²) < 4.78 is 16.9. The van der Waals surface area contributed by atoms with Crippen LogP contribution in [0.2, 0.25) is 0 Å². The van der Waals surface area contributed by atoms with Crippen LogP contribution in [0.5, 0.6) is 0 Å². The standard InChI is InChI=1S/C73H128O6/c1-4-7-10-13-16-19-22-25-27-29-30-31-32-33-34-35-36-37-38-39-40-41-42-44-45-48-51-54-57-60-63-66-72(75)78-69-70(68-77-71(74)65-62-59-56-53-50-47-24-21-18-15-12-9-6-3)79-73(76)67-64-61-58-55-52-49-46-43-28-26-23-20-17-14-11-8-5-2/h7,9-10,12,16,18-19,21,25,27,30-31,47,50,70H,4-6,8,11,13-15,17,20,22-24,26,28-29,32-46,48-49,51-69H2,1-3H3/b10-7-,12-9-,19-16-,21-18-,27-25-,31-30-,50-47-. The Kier molecular flexibility index (Phi) is 64.2. The van der Waals surface area contributed by atoms with Crippen molar-refractivity contribution in [2.45, 2.75) is 348 Å². The van der Waals surface area contributed by atoms with Gasteiger partial charge < -0.3 is 14.2 Å². The zero-order valence-corrected chi connectivity index (χ0v) is 52.4. The van der Waals surface area contributed by atoms with Gasteiger partial charge in [0.15, 0.2) is 6.10 Å². The highest BCUT2D eigenvalue weighted by Gasteiger charge is 2.19. The number of carbonyl (C=O) groups excluding carboxylic acids is 3. The van der Waals surface area contributed by atoms with Gasteiger partial charge in [0.1, 0.15) is 13.2 Å². The average molecular weight is 1100 g/mol. The van der Waals surface area contributed by atoms with Crippen LogP contribution in [0.4, 0.5) is 0 Å². The van der Waals surface area contributed by atoms with Crippen LogP contribution < -0.4 is 0 Å². The van der Waals surface area contributed by atoms with Crippen molar-refractivity contribution >= 4 is 17.9 Å². The molecule has 6 heteroatoms. The van der Waals surface area contributed by atoms with E-state index in [-0.39, 0.29) is 31.1 Å². The van der Waals surface area contributed by atoms with Gasteiger partial charge in [-0.05, 0) is 89.9 Å². The first kappa shape index (κ1) is 75.6. The highest BCUT2D eigenvalue weighted by molar-refractivity contribution is 5.71. The van der Waals surface area contributed by atoms with Crippen molar-refractivity contribution in [3.05, 3.63) is 85.1 Å². The lowest BCUT2D eigenvalue weighted by Crippen LogP contribution is -2.30. The van der Waals surface area contributed by atoms with Gasteiger partial charge >= 0.3 is 17.9 Å². The lowest BCUT2D eigenvalue weighted by atomic mass is 10.0. The Morgan fingerprint density at radius 3 is 0.785 bits per heavy atom. The molecule has 1 atom stereocenters. The minimum atomic E-state index is -0.786. The summed E-state index contributed by atoms with van der Waals surface area (Å²) in [5, 5.41) is 0. The molecule has 0 fully saturated rings. The molecule has 0 aromatic heterocycles. The molecule has 0 saturated heterocycles. The molecular formula is C73H128O6. The summed E-state index contributed by atoms with van der Waals surface area (Å²) in [5.41, 5.74) is 0. The minimum Gasteiger partial charge on any atom is -0.462 e. The first-order valence-electron chi connectivity index (χ1n) is 34.1. The van der Waals surface area contributed by atoms with Gasteiger partial charge in [-0.1, -0.05) is 318 Å². The fourth-order valence-corrected chi connectivity index (χ4v) is 9.86. The molecule has 6 nitrogen and oxygen atoms in total. The number of hydrogen-bond donors (Lipinski definition) is 0. The number of unbranched alkanes of at least 4 members (excludes halogenated alkanes) is 37. The normalized spacial score (nSPS) is 12.6. The molecule has 0 saturated carbocycles. The van der Waals surface area contributed by atoms with E-state index >= 15 is 0 Å². The van der Waals surface area contributed by atoms with Crippen LogP contribution in [0, 0.1) is 0 Å². The van der Waals surface area contributed by atoms with Crippen LogP contribution in [-0.2, 0) is 28.6 Å². The molecule has 0 aliphatic heterocycles. The fourth-order valence-electron chi connectivity index (χ4n) is 9.86. The molecule has 456 valence electrons. The number of allylic oxidation sites excluding steroid dienone is 14. The number of ether oxygens (including phenoxy) is 3. The molecule has 0 amide bonds. The van der Waals surface area contributed by atoms with Gasteiger partial charge in [0, 0.05) is 19.3 Å². The molecule has 0 bridgehead atoms. The van der Waals surface area contributed by atoms with Gasteiger partial charge in [-0.25, -0.2) is 0 Å². The van der Waals surface area contributed by atoms with Crippen LogP contribution in [-0.4, -0.2) is 37.2 Å². The van der Waals surface area contributed by atoms with Crippen LogP contribution in [0.3, 0.4) is 0 Å². The largest absolute Gasteiger partial charge is 0.462 e. The predicted octanol–water partition coefficient (Wildman–Crippen LogP) is 23.4. The quantitative estimate of drug-likeness (QED) is 0.0261. The molecule has 0 N–H and O–H groups in total. The summed E-state index contributed by atoms with van der Waals surface area (Å²) >= 11 is 0. The average Bonchev–Trinajstić information content (AvgIpc) is 3.45. The molecule has 0 aromatic rings.